The Hall–Kier alpha value is -2.47. The summed E-state index contributed by atoms with van der Waals surface area (Å²) in [6.45, 7) is 1.44. The maximum Gasteiger partial charge on any atom is 0.238 e. The van der Waals surface area contributed by atoms with E-state index in [1.165, 1.54) is 12.5 Å². The summed E-state index contributed by atoms with van der Waals surface area (Å²) < 4.78 is 5.30. The van der Waals surface area contributed by atoms with E-state index in [0.29, 0.717) is 23.5 Å². The molecule has 0 fully saturated rings. The summed E-state index contributed by atoms with van der Waals surface area (Å²) in [5, 5.41) is 5.45. The fourth-order valence-electron chi connectivity index (χ4n) is 2.63. The molecule has 2 aromatic carbocycles. The predicted molar refractivity (Wildman–Crippen MR) is 95.7 cm³/mol. The van der Waals surface area contributed by atoms with Crippen LogP contribution in [0.5, 0.6) is 5.75 Å². The third kappa shape index (κ3) is 3.54. The predicted octanol–water partition coefficient (Wildman–Crippen LogP) is 3.31. The monoisotopic (exact) mass is 342 g/mol. The number of nitrogens with one attached hydrogen (secondary N) is 2. The number of carbonyl (C=O) groups excluding carboxylic acids is 2. The number of anilines is 2. The van der Waals surface area contributed by atoms with Crippen LogP contribution in [0.3, 0.4) is 0 Å². The topological polar surface area (TPSA) is 67.4 Å². The summed E-state index contributed by atoms with van der Waals surface area (Å²) in [5.41, 5.74) is 2.35. The minimum Gasteiger partial charge on any atom is -0.495 e. The van der Waals surface area contributed by atoms with Crippen molar-refractivity contribution in [1.29, 1.82) is 0 Å². The highest BCUT2D eigenvalue weighted by atomic mass is 32.2. The van der Waals surface area contributed by atoms with Crippen LogP contribution in [0, 0.1) is 0 Å². The van der Waals surface area contributed by atoms with Crippen LogP contribution in [0.25, 0.3) is 0 Å². The van der Waals surface area contributed by atoms with Gasteiger partial charge in [0.05, 0.1) is 18.0 Å². The number of rotatable bonds is 4. The highest BCUT2D eigenvalue weighted by Crippen LogP contribution is 2.38. The Bertz CT molecular complexity index is 767. The van der Waals surface area contributed by atoms with E-state index >= 15 is 0 Å². The van der Waals surface area contributed by atoms with Crippen LogP contribution in [0.15, 0.2) is 47.4 Å². The van der Waals surface area contributed by atoms with Crippen LogP contribution in [0.1, 0.15) is 12.5 Å². The second-order valence-corrected chi connectivity index (χ2v) is 6.75. The van der Waals surface area contributed by atoms with Gasteiger partial charge in [0.25, 0.3) is 0 Å². The number of hydrogen-bond donors (Lipinski definition) is 2. The van der Waals surface area contributed by atoms with Gasteiger partial charge in [-0.2, -0.15) is 0 Å². The lowest BCUT2D eigenvalue weighted by atomic mass is 10.1. The standard InChI is InChI=1S/C18H18N2O3S/c1-11(21)19-13-7-8-15(23-2)14(10-13)20-18(22)17-9-12-5-3-4-6-16(12)24-17/h3-8,10,17H,9H2,1-2H3,(H,19,21)(H,20,22)/t17-/m1/s1. The van der Waals surface area contributed by atoms with Crippen molar-refractivity contribution < 1.29 is 14.3 Å². The number of benzene rings is 2. The number of carbonyl (C=O) groups is 2. The molecule has 124 valence electrons. The van der Waals surface area contributed by atoms with Crippen molar-refractivity contribution in [3.05, 3.63) is 48.0 Å². The number of ether oxygens (including phenoxy) is 1. The van der Waals surface area contributed by atoms with Crippen LogP contribution in [0.2, 0.25) is 0 Å². The molecule has 2 aromatic rings. The maximum absolute atomic E-state index is 12.6. The Kier molecular flexibility index (Phi) is 4.76. The molecule has 0 aromatic heterocycles. The van der Waals surface area contributed by atoms with Crippen molar-refractivity contribution in [3.63, 3.8) is 0 Å². The van der Waals surface area contributed by atoms with Gasteiger partial charge in [0.2, 0.25) is 11.8 Å². The van der Waals surface area contributed by atoms with Gasteiger partial charge < -0.3 is 15.4 Å². The van der Waals surface area contributed by atoms with Crippen LogP contribution in [-0.2, 0) is 16.0 Å². The van der Waals surface area contributed by atoms with E-state index in [9.17, 15) is 9.59 Å². The number of methoxy groups -OCH3 is 1. The van der Waals surface area contributed by atoms with E-state index in [4.69, 9.17) is 4.74 Å². The van der Waals surface area contributed by atoms with Gasteiger partial charge in [0, 0.05) is 17.5 Å². The molecule has 2 amide bonds. The third-order valence-corrected chi connectivity index (χ3v) is 5.03. The summed E-state index contributed by atoms with van der Waals surface area (Å²) in [6.07, 6.45) is 0.709. The molecule has 6 heteroatoms. The molecule has 1 aliphatic rings. The Morgan fingerprint density at radius 1 is 1.17 bits per heavy atom. The lowest BCUT2D eigenvalue weighted by molar-refractivity contribution is -0.116. The van der Waals surface area contributed by atoms with Gasteiger partial charge in [-0.3, -0.25) is 9.59 Å². The maximum atomic E-state index is 12.6. The van der Waals surface area contributed by atoms with Crippen LogP contribution in [-0.4, -0.2) is 24.2 Å². The number of hydrogen-bond acceptors (Lipinski definition) is 4. The van der Waals surface area contributed by atoms with E-state index < -0.39 is 0 Å². The van der Waals surface area contributed by atoms with Crippen molar-refractivity contribution in [3.8, 4) is 5.75 Å². The Morgan fingerprint density at radius 2 is 1.96 bits per heavy atom. The summed E-state index contributed by atoms with van der Waals surface area (Å²) in [6, 6.07) is 13.2. The average Bonchev–Trinajstić information content (AvgIpc) is 2.99. The molecule has 0 bridgehead atoms. The highest BCUT2D eigenvalue weighted by Gasteiger charge is 2.28. The highest BCUT2D eigenvalue weighted by molar-refractivity contribution is 8.01. The minimum atomic E-state index is -0.170. The molecular formula is C18H18N2O3S. The number of fused-ring (bicyclic) bond motifs is 1. The van der Waals surface area contributed by atoms with E-state index in [1.54, 1.807) is 37.1 Å². The quantitative estimate of drug-likeness (QED) is 0.894. The van der Waals surface area contributed by atoms with Gasteiger partial charge in [-0.25, -0.2) is 0 Å². The van der Waals surface area contributed by atoms with Crippen molar-refractivity contribution >= 4 is 35.0 Å². The van der Waals surface area contributed by atoms with Gasteiger partial charge in [0.15, 0.2) is 0 Å². The van der Waals surface area contributed by atoms with Crippen molar-refractivity contribution in [2.75, 3.05) is 17.7 Å². The van der Waals surface area contributed by atoms with Gasteiger partial charge in [-0.1, -0.05) is 18.2 Å². The first-order valence-corrected chi connectivity index (χ1v) is 8.46. The molecule has 0 saturated carbocycles. The third-order valence-electron chi connectivity index (χ3n) is 3.72. The molecule has 0 radical (unpaired) electrons. The Balaban J connectivity index is 1.75. The zero-order chi connectivity index (χ0) is 17.1. The van der Waals surface area contributed by atoms with Gasteiger partial charge in [-0.15, -0.1) is 11.8 Å². The molecule has 1 atom stereocenters. The summed E-state index contributed by atoms with van der Waals surface area (Å²) >= 11 is 1.57. The molecule has 0 aliphatic carbocycles. The van der Waals surface area contributed by atoms with E-state index in [0.717, 1.165) is 4.90 Å². The van der Waals surface area contributed by atoms with Crippen LogP contribution in [0.4, 0.5) is 11.4 Å². The van der Waals surface area contributed by atoms with Crippen molar-refractivity contribution in [2.24, 2.45) is 0 Å². The Morgan fingerprint density at radius 3 is 2.67 bits per heavy atom. The van der Waals surface area contributed by atoms with Gasteiger partial charge in [0.1, 0.15) is 5.75 Å². The zero-order valence-corrected chi connectivity index (χ0v) is 14.3. The average molecular weight is 342 g/mol. The van der Waals surface area contributed by atoms with Crippen LogP contribution < -0.4 is 15.4 Å². The first kappa shape index (κ1) is 16.4. The first-order chi connectivity index (χ1) is 11.6. The van der Waals surface area contributed by atoms with E-state index in [2.05, 4.69) is 10.6 Å². The Labute approximate surface area is 144 Å². The molecule has 0 spiro atoms. The molecule has 2 N–H and O–H groups in total. The minimum absolute atomic E-state index is 0.0746. The molecule has 0 unspecified atom stereocenters. The zero-order valence-electron chi connectivity index (χ0n) is 13.5. The number of thioether (sulfide) groups is 1. The van der Waals surface area contributed by atoms with E-state index in [1.807, 2.05) is 24.3 Å². The summed E-state index contributed by atoms with van der Waals surface area (Å²) in [4.78, 5) is 25.0. The lowest BCUT2D eigenvalue weighted by Gasteiger charge is -2.14. The number of amides is 2. The first-order valence-electron chi connectivity index (χ1n) is 7.58. The normalized spacial score (nSPS) is 15.5. The molecule has 1 heterocycles. The molecule has 5 nitrogen and oxygen atoms in total. The summed E-state index contributed by atoms with van der Waals surface area (Å²) in [7, 11) is 1.54. The van der Waals surface area contributed by atoms with Crippen molar-refractivity contribution in [2.45, 2.75) is 23.5 Å². The molecule has 0 saturated heterocycles. The van der Waals surface area contributed by atoms with E-state index in [-0.39, 0.29) is 17.1 Å². The van der Waals surface area contributed by atoms with Gasteiger partial charge in [-0.05, 0) is 36.2 Å². The second kappa shape index (κ2) is 6.97. The van der Waals surface area contributed by atoms with Crippen molar-refractivity contribution in [1.82, 2.24) is 0 Å². The SMILES string of the molecule is COc1ccc(NC(C)=O)cc1NC(=O)[C@H]1Cc2ccccc2S1. The fourth-order valence-corrected chi connectivity index (χ4v) is 3.82. The van der Waals surface area contributed by atoms with Gasteiger partial charge >= 0.3 is 0 Å². The molecular weight excluding hydrogens is 324 g/mol. The fraction of sp³-hybridized carbons (Fsp3) is 0.222. The molecule has 24 heavy (non-hydrogen) atoms. The molecule has 1 aliphatic heterocycles. The largest absolute Gasteiger partial charge is 0.495 e. The smallest absolute Gasteiger partial charge is 0.238 e. The summed E-state index contributed by atoms with van der Waals surface area (Å²) in [5.74, 6) is 0.312. The van der Waals surface area contributed by atoms with Crippen LogP contribution >= 0.6 is 11.8 Å². The molecule has 3 rings (SSSR count). The second-order valence-electron chi connectivity index (χ2n) is 5.50. The lowest BCUT2D eigenvalue weighted by Crippen LogP contribution is -2.25.